The smallest absolute Gasteiger partial charge is 0.207 e. The van der Waals surface area contributed by atoms with Crippen molar-refractivity contribution >= 4 is 35.7 Å². The first-order valence-corrected chi connectivity index (χ1v) is 6.30. The molecule has 0 atom stereocenters. The molecule has 0 radical (unpaired) electrons. The number of nitrogens with zero attached hydrogens (tertiary/aromatic N) is 1. The maximum Gasteiger partial charge on any atom is 0.262 e. The van der Waals surface area contributed by atoms with Crippen molar-refractivity contribution in [2.24, 2.45) is 0 Å². The van der Waals surface area contributed by atoms with E-state index < -0.39 is 14.9 Å². The molecule has 0 saturated carbocycles. The Morgan fingerprint density at radius 2 is 2.07 bits per heavy atom. The van der Waals surface area contributed by atoms with E-state index in [1.54, 1.807) is 0 Å². The molecule has 0 bridgehead atoms. The van der Waals surface area contributed by atoms with Crippen LogP contribution >= 0.6 is 26.6 Å². The second kappa shape index (κ2) is 3.85. The monoisotopic (exact) mass is 297 g/mol. The van der Waals surface area contributed by atoms with Crippen LogP contribution in [-0.4, -0.2) is 8.42 Å². The number of halogens is 3. The third-order valence-corrected chi connectivity index (χ3v) is 3.69. The maximum atomic E-state index is 12.9. The Labute approximate surface area is 92.7 Å². The molecule has 1 aromatic rings. The topological polar surface area (TPSA) is 57.9 Å². The lowest BCUT2D eigenvalue weighted by atomic mass is 10.2. The lowest BCUT2D eigenvalue weighted by Gasteiger charge is -2.01. The summed E-state index contributed by atoms with van der Waals surface area (Å²) in [6.45, 7) is 0. The molecule has 0 aromatic heterocycles. The summed E-state index contributed by atoms with van der Waals surface area (Å²) >= 11 is 2.83. The van der Waals surface area contributed by atoms with Gasteiger partial charge in [-0.15, -0.1) is 0 Å². The van der Waals surface area contributed by atoms with E-state index in [4.69, 9.17) is 15.9 Å². The van der Waals surface area contributed by atoms with Gasteiger partial charge in [0.1, 0.15) is 11.9 Å². The predicted octanol–water partition coefficient (Wildman–Crippen LogP) is 2.39. The van der Waals surface area contributed by atoms with Crippen LogP contribution in [0, 0.1) is 17.1 Å². The molecule has 0 amide bonds. The lowest BCUT2D eigenvalue weighted by Crippen LogP contribution is -1.95. The van der Waals surface area contributed by atoms with Gasteiger partial charge in [0.2, 0.25) is 0 Å². The van der Waals surface area contributed by atoms with Crippen molar-refractivity contribution in [2.75, 3.05) is 0 Å². The molecule has 0 spiro atoms. The van der Waals surface area contributed by atoms with E-state index in [9.17, 15) is 12.8 Å². The third kappa shape index (κ3) is 2.23. The molecule has 14 heavy (non-hydrogen) atoms. The van der Waals surface area contributed by atoms with Gasteiger partial charge in [0, 0.05) is 15.2 Å². The number of nitriles is 1. The van der Waals surface area contributed by atoms with Crippen molar-refractivity contribution in [1.29, 1.82) is 5.26 Å². The zero-order chi connectivity index (χ0) is 10.9. The van der Waals surface area contributed by atoms with Crippen molar-refractivity contribution in [3.8, 4) is 6.07 Å². The molecule has 0 N–H and O–H groups in total. The van der Waals surface area contributed by atoms with Gasteiger partial charge in [-0.3, -0.25) is 0 Å². The molecule has 0 aliphatic rings. The minimum absolute atomic E-state index is 0.0102. The van der Waals surface area contributed by atoms with Gasteiger partial charge in [-0.05, 0) is 28.1 Å². The molecule has 1 aromatic carbocycles. The van der Waals surface area contributed by atoms with Gasteiger partial charge in [0.25, 0.3) is 9.05 Å². The zero-order valence-corrected chi connectivity index (χ0v) is 9.62. The van der Waals surface area contributed by atoms with Crippen LogP contribution in [0.25, 0.3) is 0 Å². The normalized spacial score (nSPS) is 11.0. The highest BCUT2D eigenvalue weighted by molar-refractivity contribution is 9.10. The third-order valence-electron chi connectivity index (χ3n) is 1.40. The Balaban J connectivity index is 3.58. The fraction of sp³-hybridized carbons (Fsp3) is 0. The summed E-state index contributed by atoms with van der Waals surface area (Å²) in [5, 5.41) is 8.46. The molecule has 0 aliphatic heterocycles. The molecular formula is C7H2BrClFNO2S. The second-order valence-electron chi connectivity index (χ2n) is 2.31. The van der Waals surface area contributed by atoms with Crippen LogP contribution in [0.15, 0.2) is 21.5 Å². The first-order chi connectivity index (χ1) is 6.36. The van der Waals surface area contributed by atoms with Gasteiger partial charge in [-0.25, -0.2) is 12.8 Å². The van der Waals surface area contributed by atoms with Crippen LogP contribution in [0.3, 0.4) is 0 Å². The summed E-state index contributed by atoms with van der Waals surface area (Å²) in [7, 11) is 1.08. The van der Waals surface area contributed by atoms with Crippen molar-refractivity contribution in [3.05, 3.63) is 28.0 Å². The Kier molecular flexibility index (Phi) is 3.14. The highest BCUT2D eigenvalue weighted by Gasteiger charge is 2.17. The van der Waals surface area contributed by atoms with Crippen LogP contribution in [0.4, 0.5) is 4.39 Å². The van der Waals surface area contributed by atoms with E-state index in [0.717, 1.165) is 12.1 Å². The standard InChI is InChI=1S/C7H2BrClFNO2S/c8-5-2-6(10)4(3-11)1-7(5)14(9,12)13/h1-2H. The molecule has 3 nitrogen and oxygen atoms in total. The van der Waals surface area contributed by atoms with E-state index in [-0.39, 0.29) is 14.9 Å². The van der Waals surface area contributed by atoms with Crippen LogP contribution in [0.2, 0.25) is 0 Å². The van der Waals surface area contributed by atoms with Crippen LogP contribution in [-0.2, 0) is 9.05 Å². The number of rotatable bonds is 1. The first-order valence-electron chi connectivity index (χ1n) is 3.20. The quantitative estimate of drug-likeness (QED) is 0.748. The second-order valence-corrected chi connectivity index (χ2v) is 5.70. The Hall–Kier alpha value is -0.640. The van der Waals surface area contributed by atoms with Crippen molar-refractivity contribution in [2.45, 2.75) is 4.90 Å². The Bertz CT molecular complexity index is 523. The Morgan fingerprint density at radius 3 is 2.50 bits per heavy atom. The number of hydrogen-bond acceptors (Lipinski definition) is 3. The highest BCUT2D eigenvalue weighted by Crippen LogP contribution is 2.27. The van der Waals surface area contributed by atoms with E-state index >= 15 is 0 Å². The summed E-state index contributed by atoms with van der Waals surface area (Å²) in [6.07, 6.45) is 0. The van der Waals surface area contributed by atoms with E-state index in [0.29, 0.717) is 0 Å². The van der Waals surface area contributed by atoms with E-state index in [2.05, 4.69) is 15.9 Å². The highest BCUT2D eigenvalue weighted by atomic mass is 79.9. The first kappa shape index (κ1) is 11.4. The van der Waals surface area contributed by atoms with Gasteiger partial charge in [-0.1, -0.05) is 0 Å². The molecule has 0 aliphatic carbocycles. The summed E-state index contributed by atoms with van der Waals surface area (Å²) in [6, 6.07) is 3.28. The Morgan fingerprint density at radius 1 is 1.50 bits per heavy atom. The predicted molar refractivity (Wildman–Crippen MR) is 51.9 cm³/mol. The molecule has 0 saturated heterocycles. The summed E-state index contributed by atoms with van der Waals surface area (Å²) < 4.78 is 34.8. The summed E-state index contributed by atoms with van der Waals surface area (Å²) in [4.78, 5) is -0.322. The van der Waals surface area contributed by atoms with E-state index in [1.807, 2.05) is 0 Å². The average Bonchev–Trinajstić information content (AvgIpc) is 2.02. The minimum atomic E-state index is -3.98. The average molecular weight is 299 g/mol. The molecule has 0 unspecified atom stereocenters. The summed E-state index contributed by atoms with van der Waals surface area (Å²) in [5.74, 6) is -0.802. The molecular weight excluding hydrogens is 297 g/mol. The molecule has 0 heterocycles. The lowest BCUT2D eigenvalue weighted by molar-refractivity contribution is 0.606. The largest absolute Gasteiger partial charge is 0.262 e. The fourth-order valence-electron chi connectivity index (χ4n) is 0.802. The van der Waals surface area contributed by atoms with Gasteiger partial charge < -0.3 is 0 Å². The SMILES string of the molecule is N#Cc1cc(S(=O)(=O)Cl)c(Br)cc1F. The van der Waals surface area contributed by atoms with E-state index in [1.165, 1.54) is 6.07 Å². The van der Waals surface area contributed by atoms with Crippen LogP contribution < -0.4 is 0 Å². The molecule has 74 valence electrons. The molecule has 1 rings (SSSR count). The van der Waals surface area contributed by atoms with Crippen molar-refractivity contribution in [1.82, 2.24) is 0 Å². The van der Waals surface area contributed by atoms with Gasteiger partial charge >= 0.3 is 0 Å². The molecule has 0 fully saturated rings. The maximum absolute atomic E-state index is 12.9. The van der Waals surface area contributed by atoms with Crippen molar-refractivity contribution < 1.29 is 12.8 Å². The van der Waals surface area contributed by atoms with Crippen molar-refractivity contribution in [3.63, 3.8) is 0 Å². The van der Waals surface area contributed by atoms with Gasteiger partial charge in [0.05, 0.1) is 10.5 Å². The van der Waals surface area contributed by atoms with Gasteiger partial charge in [0.15, 0.2) is 0 Å². The number of benzene rings is 1. The fourth-order valence-corrected chi connectivity index (χ4v) is 2.97. The van der Waals surface area contributed by atoms with Crippen LogP contribution in [0.5, 0.6) is 0 Å². The zero-order valence-electron chi connectivity index (χ0n) is 6.46. The summed E-state index contributed by atoms with van der Waals surface area (Å²) in [5.41, 5.74) is -0.368. The van der Waals surface area contributed by atoms with Crippen LogP contribution in [0.1, 0.15) is 5.56 Å². The number of hydrogen-bond donors (Lipinski definition) is 0. The minimum Gasteiger partial charge on any atom is -0.207 e. The molecule has 7 heteroatoms. The van der Waals surface area contributed by atoms with Gasteiger partial charge in [-0.2, -0.15) is 5.26 Å².